The van der Waals surface area contributed by atoms with Gasteiger partial charge in [0.15, 0.2) is 0 Å². The molecule has 1 amide bonds. The number of ether oxygens (including phenoxy) is 1. The molecule has 1 spiro atoms. The Balaban J connectivity index is 1.72. The van der Waals surface area contributed by atoms with Crippen LogP contribution in [0.1, 0.15) is 40.0 Å². The fraction of sp³-hybridized carbons (Fsp3) is 0.833. The lowest BCUT2D eigenvalue weighted by atomic mass is 9.75. The maximum atomic E-state index is 11.5. The van der Waals surface area contributed by atoms with Crippen LogP contribution in [0.15, 0.2) is 0 Å². The monoisotopic (exact) mass is 241 g/mol. The lowest BCUT2D eigenvalue weighted by molar-refractivity contribution is -0.140. The molecule has 2 fully saturated rings. The number of hydrogen-bond donors (Lipinski definition) is 2. The molecule has 2 N–H and O–H groups in total. The first kappa shape index (κ1) is 12.2. The van der Waals surface area contributed by atoms with E-state index >= 15 is 0 Å². The molecular weight excluding hydrogens is 222 g/mol. The summed E-state index contributed by atoms with van der Waals surface area (Å²) in [5, 5.41) is 11.6. The van der Waals surface area contributed by atoms with E-state index < -0.39 is 17.7 Å². The Kier molecular flexibility index (Phi) is 2.60. The zero-order chi connectivity index (χ0) is 12.8. The molecule has 17 heavy (non-hydrogen) atoms. The molecule has 0 aromatic rings. The normalized spacial score (nSPS) is 35.0. The van der Waals surface area contributed by atoms with Crippen LogP contribution in [0.3, 0.4) is 0 Å². The quantitative estimate of drug-likeness (QED) is 0.772. The first-order valence-corrected chi connectivity index (χ1v) is 5.94. The SMILES string of the molecule is CC(C)(C)OC(=O)NC1CC2(C1)C[C@H]2C(=O)O. The van der Waals surface area contributed by atoms with E-state index in [1.807, 2.05) is 20.8 Å². The zero-order valence-corrected chi connectivity index (χ0v) is 10.4. The fourth-order valence-electron chi connectivity index (χ4n) is 2.65. The highest BCUT2D eigenvalue weighted by Crippen LogP contribution is 2.65. The van der Waals surface area contributed by atoms with Gasteiger partial charge in [0, 0.05) is 6.04 Å². The van der Waals surface area contributed by atoms with Crippen molar-refractivity contribution in [3.63, 3.8) is 0 Å². The van der Waals surface area contributed by atoms with Crippen molar-refractivity contribution in [3.8, 4) is 0 Å². The van der Waals surface area contributed by atoms with Gasteiger partial charge in [-0.25, -0.2) is 4.79 Å². The average molecular weight is 241 g/mol. The van der Waals surface area contributed by atoms with Gasteiger partial charge in [-0.15, -0.1) is 0 Å². The maximum Gasteiger partial charge on any atom is 0.407 e. The van der Waals surface area contributed by atoms with E-state index in [0.29, 0.717) is 0 Å². The molecule has 0 unspecified atom stereocenters. The number of amides is 1. The van der Waals surface area contributed by atoms with Crippen molar-refractivity contribution in [2.75, 3.05) is 0 Å². The lowest BCUT2D eigenvalue weighted by Crippen LogP contribution is -2.48. The van der Waals surface area contributed by atoms with Crippen LogP contribution >= 0.6 is 0 Å². The molecule has 0 saturated heterocycles. The highest BCUT2D eigenvalue weighted by molar-refractivity contribution is 5.75. The standard InChI is InChI=1S/C12H19NO4/c1-11(2,3)17-10(16)13-7-4-12(5-7)6-8(12)9(14)15/h7-8H,4-6H2,1-3H3,(H,13,16)(H,14,15)/t7?,8-,12?/m0/s1. The minimum atomic E-state index is -0.708. The van der Waals surface area contributed by atoms with Crippen LogP contribution in [0.2, 0.25) is 0 Å². The first-order valence-electron chi connectivity index (χ1n) is 5.94. The molecule has 0 heterocycles. The number of carbonyl (C=O) groups excluding carboxylic acids is 1. The molecule has 0 aliphatic heterocycles. The van der Waals surface area contributed by atoms with Gasteiger partial charge >= 0.3 is 12.1 Å². The summed E-state index contributed by atoms with van der Waals surface area (Å²) >= 11 is 0. The summed E-state index contributed by atoms with van der Waals surface area (Å²) in [5.74, 6) is -0.903. The number of aliphatic carboxylic acids is 1. The summed E-state index contributed by atoms with van der Waals surface area (Å²) in [4.78, 5) is 22.2. The molecule has 2 saturated carbocycles. The van der Waals surface area contributed by atoms with Gasteiger partial charge in [-0.3, -0.25) is 4.79 Å². The second kappa shape index (κ2) is 3.62. The Labute approximate surface area is 101 Å². The Hall–Kier alpha value is -1.26. The average Bonchev–Trinajstić information content (AvgIpc) is 2.74. The molecule has 2 rings (SSSR count). The Morgan fingerprint density at radius 2 is 1.88 bits per heavy atom. The summed E-state index contributed by atoms with van der Waals surface area (Å²) in [5.41, 5.74) is -0.514. The molecule has 1 atom stereocenters. The highest BCUT2D eigenvalue weighted by atomic mass is 16.6. The van der Waals surface area contributed by atoms with Crippen molar-refractivity contribution < 1.29 is 19.4 Å². The predicted octanol–water partition coefficient (Wildman–Crippen LogP) is 1.76. The van der Waals surface area contributed by atoms with Crippen molar-refractivity contribution >= 4 is 12.1 Å². The van der Waals surface area contributed by atoms with Gasteiger partial charge in [-0.1, -0.05) is 0 Å². The third-order valence-electron chi connectivity index (χ3n) is 3.51. The lowest BCUT2D eigenvalue weighted by Gasteiger charge is -2.37. The van der Waals surface area contributed by atoms with Crippen molar-refractivity contribution in [2.45, 2.75) is 51.7 Å². The molecule has 2 aliphatic carbocycles. The highest BCUT2D eigenvalue weighted by Gasteiger charge is 2.65. The Morgan fingerprint density at radius 3 is 2.29 bits per heavy atom. The van der Waals surface area contributed by atoms with Gasteiger partial charge < -0.3 is 15.2 Å². The van der Waals surface area contributed by atoms with Crippen molar-refractivity contribution in [1.29, 1.82) is 0 Å². The van der Waals surface area contributed by atoms with E-state index in [1.165, 1.54) is 0 Å². The van der Waals surface area contributed by atoms with Crippen LogP contribution in [-0.4, -0.2) is 28.8 Å². The first-order chi connectivity index (χ1) is 7.72. The number of rotatable bonds is 2. The summed E-state index contributed by atoms with van der Waals surface area (Å²) in [6, 6.07) is 0.0780. The Bertz CT molecular complexity index is 352. The van der Waals surface area contributed by atoms with Crippen LogP contribution in [0, 0.1) is 11.3 Å². The minimum absolute atomic E-state index is 0.0223. The third-order valence-corrected chi connectivity index (χ3v) is 3.51. The largest absolute Gasteiger partial charge is 0.481 e. The summed E-state index contributed by atoms with van der Waals surface area (Å²) in [6.45, 7) is 5.45. The molecular formula is C12H19NO4. The summed E-state index contributed by atoms with van der Waals surface area (Å²) < 4.78 is 5.14. The number of hydrogen-bond acceptors (Lipinski definition) is 3. The fourth-order valence-corrected chi connectivity index (χ4v) is 2.65. The molecule has 5 heteroatoms. The molecule has 0 bridgehead atoms. The number of carboxylic acids is 1. The second-order valence-electron chi connectivity index (χ2n) is 6.21. The van der Waals surface area contributed by atoms with Gasteiger partial charge in [0.1, 0.15) is 5.60 Å². The van der Waals surface area contributed by atoms with Gasteiger partial charge in [-0.2, -0.15) is 0 Å². The van der Waals surface area contributed by atoms with E-state index in [2.05, 4.69) is 5.32 Å². The van der Waals surface area contributed by atoms with E-state index in [-0.39, 0.29) is 17.4 Å². The zero-order valence-electron chi connectivity index (χ0n) is 10.4. The van der Waals surface area contributed by atoms with Crippen molar-refractivity contribution in [1.82, 2.24) is 5.32 Å². The van der Waals surface area contributed by atoms with Gasteiger partial charge in [0.2, 0.25) is 0 Å². The van der Waals surface area contributed by atoms with E-state index in [1.54, 1.807) is 0 Å². The number of nitrogens with one attached hydrogen (secondary N) is 1. The van der Waals surface area contributed by atoms with Crippen LogP contribution in [0.4, 0.5) is 4.79 Å². The molecule has 0 aromatic heterocycles. The number of alkyl carbamates (subject to hydrolysis) is 1. The third kappa shape index (κ3) is 2.53. The summed E-state index contributed by atoms with van der Waals surface area (Å²) in [7, 11) is 0. The van der Waals surface area contributed by atoms with Gasteiger partial charge in [0.25, 0.3) is 0 Å². The van der Waals surface area contributed by atoms with E-state index in [0.717, 1.165) is 19.3 Å². The molecule has 0 aromatic carbocycles. The predicted molar refractivity (Wildman–Crippen MR) is 60.6 cm³/mol. The number of carboxylic acid groups (broad SMARTS) is 1. The van der Waals surface area contributed by atoms with Gasteiger partial charge in [0.05, 0.1) is 5.92 Å². The van der Waals surface area contributed by atoms with Crippen LogP contribution < -0.4 is 5.32 Å². The van der Waals surface area contributed by atoms with E-state index in [4.69, 9.17) is 9.84 Å². The van der Waals surface area contributed by atoms with Crippen LogP contribution in [0.25, 0.3) is 0 Å². The van der Waals surface area contributed by atoms with Gasteiger partial charge in [-0.05, 0) is 45.4 Å². The van der Waals surface area contributed by atoms with Crippen LogP contribution in [-0.2, 0) is 9.53 Å². The molecule has 2 aliphatic rings. The van der Waals surface area contributed by atoms with Crippen molar-refractivity contribution in [2.24, 2.45) is 11.3 Å². The van der Waals surface area contributed by atoms with Crippen LogP contribution in [0.5, 0.6) is 0 Å². The van der Waals surface area contributed by atoms with Crippen molar-refractivity contribution in [3.05, 3.63) is 0 Å². The molecule has 96 valence electrons. The summed E-state index contributed by atoms with van der Waals surface area (Å²) in [6.07, 6.45) is 1.88. The minimum Gasteiger partial charge on any atom is -0.481 e. The topological polar surface area (TPSA) is 75.6 Å². The van der Waals surface area contributed by atoms with E-state index in [9.17, 15) is 9.59 Å². The maximum absolute atomic E-state index is 11.5. The number of carbonyl (C=O) groups is 2. The smallest absolute Gasteiger partial charge is 0.407 e. The molecule has 5 nitrogen and oxygen atoms in total. The Morgan fingerprint density at radius 1 is 1.29 bits per heavy atom. The molecule has 0 radical (unpaired) electrons. The second-order valence-corrected chi connectivity index (χ2v) is 6.21.